The molecule has 0 atom stereocenters. The number of halogens is 1. The van der Waals surface area contributed by atoms with Gasteiger partial charge >= 0.3 is 0 Å². The van der Waals surface area contributed by atoms with Gasteiger partial charge in [-0.3, -0.25) is 14.2 Å². The van der Waals surface area contributed by atoms with Crippen molar-refractivity contribution >= 4 is 34.1 Å². The second-order valence-corrected chi connectivity index (χ2v) is 7.14. The molecule has 144 valence electrons. The summed E-state index contributed by atoms with van der Waals surface area (Å²) < 4.78 is 1.30. The topological polar surface area (TPSA) is 64.0 Å². The van der Waals surface area contributed by atoms with E-state index in [4.69, 9.17) is 11.6 Å². The number of benzene rings is 3. The highest BCUT2D eigenvalue weighted by atomic mass is 35.5. The molecule has 3 aromatic carbocycles. The first-order valence-electron chi connectivity index (χ1n) is 9.16. The van der Waals surface area contributed by atoms with Crippen molar-refractivity contribution in [3.8, 4) is 0 Å². The standard InChI is InChI=1S/C23H18ClN3O2/c24-18-10-11-19-21(13-18)25-15-27(23(19)29)14-22(28)26-20-9-5-4-8-17(20)12-16-6-2-1-3-7-16/h1-11,13,15H,12,14H2,(H,26,28). The zero-order valence-electron chi connectivity index (χ0n) is 15.5. The molecule has 1 heterocycles. The lowest BCUT2D eigenvalue weighted by Crippen LogP contribution is -2.28. The van der Waals surface area contributed by atoms with Crippen molar-refractivity contribution in [3.63, 3.8) is 0 Å². The van der Waals surface area contributed by atoms with E-state index in [-0.39, 0.29) is 18.0 Å². The number of carbonyl (C=O) groups is 1. The van der Waals surface area contributed by atoms with Crippen LogP contribution in [0.1, 0.15) is 11.1 Å². The molecule has 0 aliphatic rings. The average molecular weight is 404 g/mol. The molecule has 1 aromatic heterocycles. The van der Waals surface area contributed by atoms with Crippen molar-refractivity contribution in [1.82, 2.24) is 9.55 Å². The molecule has 0 aliphatic carbocycles. The number of hydrogen-bond donors (Lipinski definition) is 1. The van der Waals surface area contributed by atoms with E-state index in [1.165, 1.54) is 10.9 Å². The molecule has 0 spiro atoms. The van der Waals surface area contributed by atoms with Crippen LogP contribution in [0.5, 0.6) is 0 Å². The van der Waals surface area contributed by atoms with Gasteiger partial charge in [-0.25, -0.2) is 4.98 Å². The number of hydrogen-bond acceptors (Lipinski definition) is 3. The summed E-state index contributed by atoms with van der Waals surface area (Å²) in [4.78, 5) is 29.5. The third-order valence-corrected chi connectivity index (χ3v) is 4.87. The van der Waals surface area contributed by atoms with Crippen LogP contribution >= 0.6 is 11.6 Å². The summed E-state index contributed by atoms with van der Waals surface area (Å²) in [5.74, 6) is -0.289. The van der Waals surface area contributed by atoms with Gasteiger partial charge in [-0.05, 0) is 41.8 Å². The summed E-state index contributed by atoms with van der Waals surface area (Å²) in [6, 6.07) is 22.6. The summed E-state index contributed by atoms with van der Waals surface area (Å²) in [5.41, 5.74) is 3.12. The van der Waals surface area contributed by atoms with Crippen molar-refractivity contribution < 1.29 is 4.79 Å². The lowest BCUT2D eigenvalue weighted by Gasteiger charge is -2.12. The Labute approximate surface area is 172 Å². The van der Waals surface area contributed by atoms with Crippen LogP contribution in [0, 0.1) is 0 Å². The number of carbonyl (C=O) groups excluding carboxylic acids is 1. The van der Waals surface area contributed by atoms with Crippen LogP contribution < -0.4 is 10.9 Å². The molecule has 6 heteroatoms. The largest absolute Gasteiger partial charge is 0.324 e. The van der Waals surface area contributed by atoms with Gasteiger partial charge in [-0.2, -0.15) is 0 Å². The van der Waals surface area contributed by atoms with Gasteiger partial charge in [0.1, 0.15) is 6.54 Å². The molecular formula is C23H18ClN3O2. The van der Waals surface area contributed by atoms with Crippen molar-refractivity contribution in [3.05, 3.63) is 106 Å². The van der Waals surface area contributed by atoms with Crippen LogP contribution in [0.3, 0.4) is 0 Å². The number of anilines is 1. The fourth-order valence-corrected chi connectivity index (χ4v) is 3.37. The maximum Gasteiger partial charge on any atom is 0.261 e. The Morgan fingerprint density at radius 3 is 2.59 bits per heavy atom. The third kappa shape index (κ3) is 4.36. The van der Waals surface area contributed by atoms with Crippen LogP contribution in [0.4, 0.5) is 5.69 Å². The Morgan fingerprint density at radius 1 is 1.00 bits per heavy atom. The van der Waals surface area contributed by atoms with Crippen LogP contribution in [0.2, 0.25) is 5.02 Å². The molecule has 5 nitrogen and oxygen atoms in total. The number of rotatable bonds is 5. The number of nitrogens with zero attached hydrogens (tertiary/aromatic N) is 2. The minimum Gasteiger partial charge on any atom is -0.324 e. The minimum absolute atomic E-state index is 0.121. The molecule has 1 N–H and O–H groups in total. The van der Waals surface area contributed by atoms with E-state index in [1.807, 2.05) is 54.6 Å². The lowest BCUT2D eigenvalue weighted by molar-refractivity contribution is -0.116. The Bertz CT molecular complexity index is 1240. The Balaban J connectivity index is 1.54. The van der Waals surface area contributed by atoms with Gasteiger partial charge in [0, 0.05) is 10.7 Å². The zero-order valence-corrected chi connectivity index (χ0v) is 16.3. The zero-order chi connectivity index (χ0) is 20.2. The van der Waals surface area contributed by atoms with E-state index in [2.05, 4.69) is 10.3 Å². The van der Waals surface area contributed by atoms with Gasteiger partial charge in [0.05, 0.1) is 17.2 Å². The highest BCUT2D eigenvalue weighted by Crippen LogP contribution is 2.19. The SMILES string of the molecule is O=C(Cn1cnc2cc(Cl)ccc2c1=O)Nc1ccccc1Cc1ccccc1. The summed E-state index contributed by atoms with van der Waals surface area (Å²) in [6.45, 7) is -0.121. The summed E-state index contributed by atoms with van der Waals surface area (Å²) in [5, 5.41) is 3.85. The summed E-state index contributed by atoms with van der Waals surface area (Å²) in [7, 11) is 0. The summed E-state index contributed by atoms with van der Waals surface area (Å²) >= 11 is 5.95. The smallest absolute Gasteiger partial charge is 0.261 e. The van der Waals surface area contributed by atoms with Crippen molar-refractivity contribution in [2.45, 2.75) is 13.0 Å². The predicted octanol–water partition coefficient (Wildman–Crippen LogP) is 4.28. The molecule has 4 rings (SSSR count). The van der Waals surface area contributed by atoms with Crippen molar-refractivity contribution in [2.24, 2.45) is 0 Å². The maximum atomic E-state index is 12.6. The number of nitrogens with one attached hydrogen (secondary N) is 1. The van der Waals surface area contributed by atoms with E-state index < -0.39 is 0 Å². The highest BCUT2D eigenvalue weighted by molar-refractivity contribution is 6.31. The summed E-state index contributed by atoms with van der Waals surface area (Å²) in [6.07, 6.45) is 2.08. The molecule has 4 aromatic rings. The van der Waals surface area contributed by atoms with Gasteiger partial charge in [-0.1, -0.05) is 60.1 Å². The van der Waals surface area contributed by atoms with E-state index in [9.17, 15) is 9.59 Å². The minimum atomic E-state index is -0.289. The number of amides is 1. The van der Waals surface area contributed by atoms with Crippen LogP contribution in [0.15, 0.2) is 83.9 Å². The Hall–Kier alpha value is -3.44. The van der Waals surface area contributed by atoms with E-state index in [0.717, 1.165) is 16.8 Å². The molecule has 29 heavy (non-hydrogen) atoms. The Morgan fingerprint density at radius 2 is 1.76 bits per heavy atom. The van der Waals surface area contributed by atoms with Gasteiger partial charge < -0.3 is 5.32 Å². The van der Waals surface area contributed by atoms with E-state index in [1.54, 1.807) is 18.2 Å². The molecule has 0 fully saturated rings. The molecule has 0 saturated carbocycles. The van der Waals surface area contributed by atoms with Gasteiger partial charge in [0.25, 0.3) is 5.56 Å². The van der Waals surface area contributed by atoms with Crippen molar-refractivity contribution in [1.29, 1.82) is 0 Å². The average Bonchev–Trinajstić information content (AvgIpc) is 2.72. The number of fused-ring (bicyclic) bond motifs is 1. The van der Waals surface area contributed by atoms with Crippen LogP contribution in [-0.2, 0) is 17.8 Å². The molecular weight excluding hydrogens is 386 g/mol. The second kappa shape index (κ2) is 8.29. The highest BCUT2D eigenvalue weighted by Gasteiger charge is 2.11. The first-order valence-corrected chi connectivity index (χ1v) is 9.54. The van der Waals surface area contributed by atoms with Crippen LogP contribution in [-0.4, -0.2) is 15.5 Å². The molecule has 0 saturated heterocycles. The number of aromatic nitrogens is 2. The molecule has 0 bridgehead atoms. The predicted molar refractivity (Wildman–Crippen MR) is 115 cm³/mol. The fourth-order valence-electron chi connectivity index (χ4n) is 3.20. The molecule has 1 amide bonds. The molecule has 0 aliphatic heterocycles. The van der Waals surface area contributed by atoms with E-state index in [0.29, 0.717) is 22.3 Å². The number of para-hydroxylation sites is 1. The molecule has 0 unspecified atom stereocenters. The monoisotopic (exact) mass is 403 g/mol. The maximum absolute atomic E-state index is 12.6. The third-order valence-electron chi connectivity index (χ3n) is 4.63. The quantitative estimate of drug-likeness (QED) is 0.541. The van der Waals surface area contributed by atoms with Gasteiger partial charge in [-0.15, -0.1) is 0 Å². The van der Waals surface area contributed by atoms with E-state index >= 15 is 0 Å². The van der Waals surface area contributed by atoms with Crippen LogP contribution in [0.25, 0.3) is 10.9 Å². The first-order chi connectivity index (χ1) is 14.1. The normalized spacial score (nSPS) is 10.8. The lowest BCUT2D eigenvalue weighted by atomic mass is 10.0. The fraction of sp³-hybridized carbons (Fsp3) is 0.0870. The van der Waals surface area contributed by atoms with Crippen molar-refractivity contribution in [2.75, 3.05) is 5.32 Å². The van der Waals surface area contributed by atoms with Gasteiger partial charge in [0.15, 0.2) is 0 Å². The first kappa shape index (κ1) is 18.9. The molecule has 0 radical (unpaired) electrons. The van der Waals surface area contributed by atoms with Gasteiger partial charge in [0.2, 0.25) is 5.91 Å². The second-order valence-electron chi connectivity index (χ2n) is 6.71. The Kier molecular flexibility index (Phi) is 5.40.